The number of piperidine rings is 1. The van der Waals surface area contributed by atoms with E-state index in [-0.39, 0.29) is 5.91 Å². The lowest BCUT2D eigenvalue weighted by molar-refractivity contribution is -0.132. The molecule has 2 aromatic carbocycles. The Morgan fingerprint density at radius 3 is 2.46 bits per heavy atom. The standard InChI is InChI=1S/C22H27NO3/c1-25-21-10-6-5-7-19(21)11-12-22(24)23-15-13-18(14-16-23)17-26-20-8-3-2-4-9-20/h2-10,18H,11-17H2,1H3. The minimum absolute atomic E-state index is 0.235. The highest BCUT2D eigenvalue weighted by Crippen LogP contribution is 2.22. The van der Waals surface area contributed by atoms with Gasteiger partial charge in [0.1, 0.15) is 11.5 Å². The second-order valence-electron chi connectivity index (χ2n) is 6.76. The van der Waals surface area contributed by atoms with Gasteiger partial charge in [-0.25, -0.2) is 0 Å². The highest BCUT2D eigenvalue weighted by molar-refractivity contribution is 5.76. The predicted molar refractivity (Wildman–Crippen MR) is 103 cm³/mol. The van der Waals surface area contributed by atoms with Gasteiger partial charge in [0.15, 0.2) is 0 Å². The van der Waals surface area contributed by atoms with Crippen LogP contribution in [0, 0.1) is 5.92 Å². The van der Waals surface area contributed by atoms with E-state index >= 15 is 0 Å². The van der Waals surface area contributed by atoms with Crippen molar-refractivity contribution >= 4 is 5.91 Å². The second kappa shape index (κ2) is 9.27. The fourth-order valence-corrected chi connectivity index (χ4v) is 3.39. The van der Waals surface area contributed by atoms with Crippen molar-refractivity contribution in [1.29, 1.82) is 0 Å². The molecule has 0 N–H and O–H groups in total. The molecule has 0 aliphatic carbocycles. The van der Waals surface area contributed by atoms with Crippen LogP contribution in [0.5, 0.6) is 11.5 Å². The summed E-state index contributed by atoms with van der Waals surface area (Å²) in [5.74, 6) is 2.53. The summed E-state index contributed by atoms with van der Waals surface area (Å²) in [6.45, 7) is 2.38. The average Bonchev–Trinajstić information content (AvgIpc) is 2.72. The fourth-order valence-electron chi connectivity index (χ4n) is 3.39. The Bertz CT molecular complexity index is 694. The molecule has 1 aliphatic heterocycles. The van der Waals surface area contributed by atoms with E-state index in [1.807, 2.05) is 59.5 Å². The first-order valence-electron chi connectivity index (χ1n) is 9.34. The minimum atomic E-state index is 0.235. The van der Waals surface area contributed by atoms with Crippen LogP contribution in [0.3, 0.4) is 0 Å². The number of carbonyl (C=O) groups is 1. The van der Waals surface area contributed by atoms with Crippen LogP contribution >= 0.6 is 0 Å². The lowest BCUT2D eigenvalue weighted by atomic mass is 9.97. The van der Waals surface area contributed by atoms with Crippen molar-refractivity contribution in [2.24, 2.45) is 5.92 Å². The average molecular weight is 353 g/mol. The maximum absolute atomic E-state index is 12.5. The summed E-state index contributed by atoms with van der Waals surface area (Å²) in [5.41, 5.74) is 1.09. The molecule has 1 fully saturated rings. The van der Waals surface area contributed by atoms with E-state index in [9.17, 15) is 4.79 Å². The third-order valence-electron chi connectivity index (χ3n) is 5.00. The molecule has 2 aromatic rings. The van der Waals surface area contributed by atoms with Crippen LogP contribution in [-0.2, 0) is 11.2 Å². The van der Waals surface area contributed by atoms with E-state index < -0.39 is 0 Å². The van der Waals surface area contributed by atoms with Crippen molar-refractivity contribution in [3.8, 4) is 11.5 Å². The Kier molecular flexibility index (Phi) is 6.53. The highest BCUT2D eigenvalue weighted by Gasteiger charge is 2.23. The van der Waals surface area contributed by atoms with Crippen LogP contribution in [0.25, 0.3) is 0 Å². The number of carbonyl (C=O) groups excluding carboxylic acids is 1. The molecule has 0 radical (unpaired) electrons. The quantitative estimate of drug-likeness (QED) is 0.757. The number of rotatable bonds is 7. The summed E-state index contributed by atoms with van der Waals surface area (Å²) in [5, 5.41) is 0. The number of likely N-dealkylation sites (tertiary alicyclic amines) is 1. The number of aryl methyl sites for hydroxylation is 1. The van der Waals surface area contributed by atoms with Crippen LogP contribution in [0.4, 0.5) is 0 Å². The molecular formula is C22H27NO3. The molecule has 0 unspecified atom stereocenters. The maximum atomic E-state index is 12.5. The Balaban J connectivity index is 1.40. The van der Waals surface area contributed by atoms with Crippen LogP contribution < -0.4 is 9.47 Å². The van der Waals surface area contributed by atoms with Gasteiger partial charge in [0.25, 0.3) is 0 Å². The highest BCUT2D eigenvalue weighted by atomic mass is 16.5. The van der Waals surface area contributed by atoms with Gasteiger partial charge in [0.2, 0.25) is 5.91 Å². The van der Waals surface area contributed by atoms with E-state index in [1.54, 1.807) is 7.11 Å². The van der Waals surface area contributed by atoms with Gasteiger partial charge in [-0.1, -0.05) is 36.4 Å². The van der Waals surface area contributed by atoms with E-state index in [1.165, 1.54) is 0 Å². The van der Waals surface area contributed by atoms with Crippen molar-refractivity contribution in [3.63, 3.8) is 0 Å². The molecule has 4 heteroatoms. The summed E-state index contributed by atoms with van der Waals surface area (Å²) in [6, 6.07) is 17.8. The molecule has 26 heavy (non-hydrogen) atoms. The zero-order valence-electron chi connectivity index (χ0n) is 15.4. The Labute approximate surface area is 155 Å². The summed E-state index contributed by atoms with van der Waals surface area (Å²) >= 11 is 0. The normalized spacial score (nSPS) is 14.9. The summed E-state index contributed by atoms with van der Waals surface area (Å²) in [4.78, 5) is 14.5. The Morgan fingerprint density at radius 2 is 1.73 bits per heavy atom. The molecule has 3 rings (SSSR count). The topological polar surface area (TPSA) is 38.8 Å². The van der Waals surface area contributed by atoms with Crippen molar-refractivity contribution < 1.29 is 14.3 Å². The molecule has 0 aromatic heterocycles. The number of para-hydroxylation sites is 2. The smallest absolute Gasteiger partial charge is 0.222 e. The van der Waals surface area contributed by atoms with Crippen LogP contribution in [0.15, 0.2) is 54.6 Å². The SMILES string of the molecule is COc1ccccc1CCC(=O)N1CCC(COc2ccccc2)CC1. The fraction of sp³-hybridized carbons (Fsp3) is 0.409. The molecular weight excluding hydrogens is 326 g/mol. The van der Waals surface area contributed by atoms with Crippen molar-refractivity contribution in [1.82, 2.24) is 4.90 Å². The largest absolute Gasteiger partial charge is 0.496 e. The van der Waals surface area contributed by atoms with Crippen LogP contribution in [0.1, 0.15) is 24.8 Å². The van der Waals surface area contributed by atoms with Gasteiger partial charge in [-0.05, 0) is 48.9 Å². The lowest BCUT2D eigenvalue weighted by Crippen LogP contribution is -2.39. The van der Waals surface area contributed by atoms with Gasteiger partial charge in [0, 0.05) is 19.5 Å². The molecule has 0 bridgehead atoms. The first-order chi connectivity index (χ1) is 12.8. The number of methoxy groups -OCH3 is 1. The number of amides is 1. The van der Waals surface area contributed by atoms with Crippen molar-refractivity contribution in [2.75, 3.05) is 26.8 Å². The first kappa shape index (κ1) is 18.3. The monoisotopic (exact) mass is 353 g/mol. The molecule has 1 heterocycles. The van der Waals surface area contributed by atoms with Crippen molar-refractivity contribution in [2.45, 2.75) is 25.7 Å². The van der Waals surface area contributed by atoms with Gasteiger partial charge >= 0.3 is 0 Å². The van der Waals surface area contributed by atoms with Crippen LogP contribution in [-0.4, -0.2) is 37.6 Å². The van der Waals surface area contributed by atoms with E-state index in [0.29, 0.717) is 12.3 Å². The maximum Gasteiger partial charge on any atom is 0.222 e. The number of hydrogen-bond donors (Lipinski definition) is 0. The number of benzene rings is 2. The second-order valence-corrected chi connectivity index (χ2v) is 6.76. The molecule has 1 aliphatic rings. The van der Waals surface area contributed by atoms with E-state index in [0.717, 1.165) is 56.0 Å². The number of hydrogen-bond acceptors (Lipinski definition) is 3. The van der Waals surface area contributed by atoms with Crippen LogP contribution in [0.2, 0.25) is 0 Å². The summed E-state index contributed by atoms with van der Waals surface area (Å²) in [7, 11) is 1.67. The van der Waals surface area contributed by atoms with E-state index in [2.05, 4.69) is 0 Å². The third kappa shape index (κ3) is 5.01. The number of ether oxygens (including phenoxy) is 2. The lowest BCUT2D eigenvalue weighted by Gasteiger charge is -2.32. The molecule has 1 amide bonds. The Hall–Kier alpha value is -2.49. The third-order valence-corrected chi connectivity index (χ3v) is 5.00. The minimum Gasteiger partial charge on any atom is -0.496 e. The number of nitrogens with zero attached hydrogens (tertiary/aromatic N) is 1. The molecule has 0 saturated carbocycles. The zero-order valence-corrected chi connectivity index (χ0v) is 15.4. The molecule has 4 nitrogen and oxygen atoms in total. The molecule has 0 atom stereocenters. The van der Waals surface area contributed by atoms with Gasteiger partial charge in [-0.3, -0.25) is 4.79 Å². The molecule has 0 spiro atoms. The first-order valence-corrected chi connectivity index (χ1v) is 9.34. The van der Waals surface area contributed by atoms with Gasteiger partial charge in [-0.2, -0.15) is 0 Å². The van der Waals surface area contributed by atoms with Crippen molar-refractivity contribution in [3.05, 3.63) is 60.2 Å². The summed E-state index contributed by atoms with van der Waals surface area (Å²) < 4.78 is 11.2. The Morgan fingerprint density at radius 1 is 1.04 bits per heavy atom. The van der Waals surface area contributed by atoms with E-state index in [4.69, 9.17) is 9.47 Å². The molecule has 138 valence electrons. The summed E-state index contributed by atoms with van der Waals surface area (Å²) in [6.07, 6.45) is 3.27. The van der Waals surface area contributed by atoms with Gasteiger partial charge < -0.3 is 14.4 Å². The van der Waals surface area contributed by atoms with Gasteiger partial charge in [0.05, 0.1) is 13.7 Å². The van der Waals surface area contributed by atoms with Gasteiger partial charge in [-0.15, -0.1) is 0 Å². The predicted octanol–water partition coefficient (Wildman–Crippen LogP) is 3.95. The molecule has 1 saturated heterocycles. The zero-order chi connectivity index (χ0) is 18.2.